The summed E-state index contributed by atoms with van der Waals surface area (Å²) >= 11 is -0.826. The Kier molecular flexibility index (Phi) is 15.2. The van der Waals surface area contributed by atoms with E-state index < -0.39 is 20.8 Å². The molecule has 0 aliphatic carbocycles. The SMILES string of the molecule is CCc1cc2c(-c3ccc(C(C)(C)C)cc3)cccc2[cH-]1.C[Si]C.Cc1[cH-]c2cccc(-c3ccc(C(C)(C)C)cc3)c2c1C.[Cl][Zr+2][Cl]. The van der Waals surface area contributed by atoms with Gasteiger partial charge in [-0.15, -0.1) is 69.1 Å². The molecule has 0 heterocycles. The van der Waals surface area contributed by atoms with Crippen LogP contribution in [-0.2, 0) is 38.1 Å². The molecule has 0 nitrogen and oxygen atoms in total. The van der Waals surface area contributed by atoms with Crippen molar-refractivity contribution < 1.29 is 20.8 Å². The van der Waals surface area contributed by atoms with Crippen LogP contribution in [0.1, 0.15) is 76.3 Å². The second-order valence-corrected chi connectivity index (χ2v) is 19.2. The third-order valence-electron chi connectivity index (χ3n) is 8.78. The Labute approximate surface area is 312 Å². The first-order valence-corrected chi connectivity index (χ1v) is 25.1. The number of aryl methyl sites for hydroxylation is 3. The number of fused-ring (bicyclic) bond motifs is 2. The van der Waals surface area contributed by atoms with Crippen LogP contribution in [0.15, 0.2) is 103 Å². The van der Waals surface area contributed by atoms with E-state index in [9.17, 15) is 0 Å². The first kappa shape index (κ1) is 40.2. The summed E-state index contributed by atoms with van der Waals surface area (Å²) in [5.41, 5.74) is 12.7. The van der Waals surface area contributed by atoms with E-state index in [-0.39, 0.29) is 10.8 Å². The first-order chi connectivity index (χ1) is 22.7. The van der Waals surface area contributed by atoms with Crippen LogP contribution in [0.2, 0.25) is 13.1 Å². The van der Waals surface area contributed by atoms with E-state index in [2.05, 4.69) is 179 Å². The second-order valence-electron chi connectivity index (χ2n) is 14.5. The Hall–Kier alpha value is -2.22. The van der Waals surface area contributed by atoms with Gasteiger partial charge >= 0.3 is 37.9 Å². The van der Waals surface area contributed by atoms with E-state index >= 15 is 0 Å². The summed E-state index contributed by atoms with van der Waals surface area (Å²) < 4.78 is 0. The van der Waals surface area contributed by atoms with E-state index in [4.69, 9.17) is 17.0 Å². The number of hydrogen-bond acceptors (Lipinski definition) is 0. The van der Waals surface area contributed by atoms with Gasteiger partial charge in [0, 0.05) is 9.52 Å². The van der Waals surface area contributed by atoms with Crippen LogP contribution in [0.25, 0.3) is 43.8 Å². The molecular formula is C44H52Cl2SiZr. The maximum atomic E-state index is 4.93. The monoisotopic (exact) mass is 768 g/mol. The Morgan fingerprint density at radius 1 is 0.646 bits per heavy atom. The predicted molar refractivity (Wildman–Crippen MR) is 215 cm³/mol. The Morgan fingerprint density at radius 3 is 1.54 bits per heavy atom. The summed E-state index contributed by atoms with van der Waals surface area (Å²) in [6, 6.07) is 38.2. The molecule has 4 heteroatoms. The van der Waals surface area contributed by atoms with Gasteiger partial charge in [-0.2, -0.15) is 11.6 Å². The van der Waals surface area contributed by atoms with Gasteiger partial charge in [-0.05, 0) is 39.5 Å². The molecule has 0 N–H and O–H groups in total. The van der Waals surface area contributed by atoms with Crippen LogP contribution in [0.3, 0.4) is 0 Å². The van der Waals surface area contributed by atoms with Gasteiger partial charge in [0.05, 0.1) is 0 Å². The Balaban J connectivity index is 0.000000224. The van der Waals surface area contributed by atoms with Gasteiger partial charge < -0.3 is 0 Å². The minimum atomic E-state index is -0.826. The van der Waals surface area contributed by atoms with Crippen molar-refractivity contribution in [3.63, 3.8) is 0 Å². The van der Waals surface area contributed by atoms with Crippen molar-refractivity contribution in [3.05, 3.63) is 131 Å². The average Bonchev–Trinajstić information content (AvgIpc) is 3.61. The molecule has 0 unspecified atom stereocenters. The second kappa shape index (κ2) is 18.1. The number of rotatable bonds is 3. The van der Waals surface area contributed by atoms with Gasteiger partial charge in [0.1, 0.15) is 0 Å². The van der Waals surface area contributed by atoms with Crippen molar-refractivity contribution in [2.75, 3.05) is 0 Å². The molecule has 6 aromatic carbocycles. The number of hydrogen-bond donors (Lipinski definition) is 0. The standard InChI is InChI=1S/2C21H23.C2H6Si.2ClH.Zr/c1-14-13-17-7-6-8-19(20(17)15(14)2)16-9-11-18(12-10-16)21(3,4)5;1-5-15-13-17-7-6-8-19(20(17)14-15)16-9-11-18(12-10-16)21(2,3)4;1-3-2;;;/h6-13H,1-5H3;6-14H,5H2,1-4H3;1-2H3;2*1H;/q2*-1;;;;+4/p-2. The summed E-state index contributed by atoms with van der Waals surface area (Å²) in [4.78, 5) is 0. The molecule has 0 aliphatic rings. The molecule has 0 amide bonds. The molecule has 250 valence electrons. The summed E-state index contributed by atoms with van der Waals surface area (Å²) in [5, 5.41) is 5.48. The zero-order valence-corrected chi connectivity index (χ0v) is 35.7. The average molecular weight is 771 g/mol. The van der Waals surface area contributed by atoms with Crippen LogP contribution in [0.4, 0.5) is 0 Å². The van der Waals surface area contributed by atoms with Crippen LogP contribution >= 0.6 is 17.0 Å². The van der Waals surface area contributed by atoms with E-state index in [0.29, 0.717) is 0 Å². The molecular weight excluding hydrogens is 719 g/mol. The van der Waals surface area contributed by atoms with Gasteiger partial charge in [0.15, 0.2) is 0 Å². The third-order valence-corrected chi connectivity index (χ3v) is 8.78. The predicted octanol–water partition coefficient (Wildman–Crippen LogP) is 14.4. The molecule has 6 aromatic rings. The zero-order chi connectivity index (χ0) is 35.6. The van der Waals surface area contributed by atoms with Gasteiger partial charge in [-0.3, -0.25) is 0 Å². The van der Waals surface area contributed by atoms with E-state index in [1.807, 2.05) is 0 Å². The molecule has 0 saturated carbocycles. The number of benzene rings is 4. The van der Waals surface area contributed by atoms with Crippen molar-refractivity contribution in [2.45, 2.75) is 92.7 Å². The topological polar surface area (TPSA) is 0 Å². The van der Waals surface area contributed by atoms with Crippen molar-refractivity contribution in [2.24, 2.45) is 0 Å². The van der Waals surface area contributed by atoms with E-state index in [0.717, 1.165) is 15.9 Å². The van der Waals surface area contributed by atoms with Crippen LogP contribution in [-0.4, -0.2) is 9.52 Å². The molecule has 6 rings (SSSR count). The van der Waals surface area contributed by atoms with Gasteiger partial charge in [0.2, 0.25) is 0 Å². The quantitative estimate of drug-likeness (QED) is 0.124. The normalized spacial score (nSPS) is 11.1. The molecule has 0 bridgehead atoms. The fourth-order valence-corrected chi connectivity index (χ4v) is 5.94. The summed E-state index contributed by atoms with van der Waals surface area (Å²) in [6.45, 7) is 24.5. The fourth-order valence-electron chi connectivity index (χ4n) is 5.94. The molecule has 0 spiro atoms. The van der Waals surface area contributed by atoms with Crippen LogP contribution < -0.4 is 0 Å². The summed E-state index contributed by atoms with van der Waals surface area (Å²) in [7, 11) is 11.0. The van der Waals surface area contributed by atoms with Crippen molar-refractivity contribution in [1.82, 2.24) is 0 Å². The Morgan fingerprint density at radius 2 is 1.08 bits per heavy atom. The van der Waals surface area contributed by atoms with E-state index in [1.165, 1.54) is 71.6 Å². The van der Waals surface area contributed by atoms with Gasteiger partial charge in [0.25, 0.3) is 0 Å². The molecule has 0 fully saturated rings. The van der Waals surface area contributed by atoms with Crippen molar-refractivity contribution in [1.29, 1.82) is 0 Å². The van der Waals surface area contributed by atoms with Gasteiger partial charge in [-0.25, -0.2) is 0 Å². The fraction of sp³-hybridized carbons (Fsp3) is 0.318. The molecule has 0 saturated heterocycles. The minimum absolute atomic E-state index is 0.206. The zero-order valence-electron chi connectivity index (χ0n) is 30.8. The van der Waals surface area contributed by atoms with Crippen LogP contribution in [0, 0.1) is 13.8 Å². The molecule has 0 atom stereocenters. The first-order valence-electron chi connectivity index (χ1n) is 16.8. The molecule has 48 heavy (non-hydrogen) atoms. The van der Waals surface area contributed by atoms with Crippen LogP contribution in [0.5, 0.6) is 0 Å². The van der Waals surface area contributed by atoms with Crippen molar-refractivity contribution >= 4 is 48.1 Å². The Bertz CT molecular complexity index is 1860. The van der Waals surface area contributed by atoms with E-state index in [1.54, 1.807) is 0 Å². The third kappa shape index (κ3) is 10.4. The number of halogens is 2. The van der Waals surface area contributed by atoms with Crippen molar-refractivity contribution in [3.8, 4) is 22.3 Å². The maximum absolute atomic E-state index is 4.93. The molecule has 2 radical (unpaired) electrons. The summed E-state index contributed by atoms with van der Waals surface area (Å²) in [5.74, 6) is 0. The molecule has 0 aliphatic heterocycles. The van der Waals surface area contributed by atoms with Gasteiger partial charge in [-0.1, -0.05) is 147 Å². The molecule has 0 aromatic heterocycles. The summed E-state index contributed by atoms with van der Waals surface area (Å²) in [6.07, 6.45) is 1.09.